The zero-order valence-corrected chi connectivity index (χ0v) is 7.84. The lowest BCUT2D eigenvalue weighted by molar-refractivity contribution is -0.0405. The first kappa shape index (κ1) is 9.95. The molecular formula is C7H14O4S. The number of rotatable bonds is 1. The van der Waals surface area contributed by atoms with Crippen LogP contribution in [0.4, 0.5) is 0 Å². The molecule has 2 unspecified atom stereocenters. The van der Waals surface area contributed by atoms with Gasteiger partial charge in [0.1, 0.15) is 0 Å². The lowest BCUT2D eigenvalue weighted by Gasteiger charge is -2.34. The van der Waals surface area contributed by atoms with E-state index in [1.807, 2.05) is 0 Å². The fraction of sp³-hybridized carbons (Fsp3) is 1.00. The molecule has 4 nitrogen and oxygen atoms in total. The highest BCUT2D eigenvalue weighted by atomic mass is 32.2. The number of aliphatic hydroxyl groups is 2. The van der Waals surface area contributed by atoms with Gasteiger partial charge in [-0.1, -0.05) is 6.42 Å². The van der Waals surface area contributed by atoms with E-state index in [1.54, 1.807) is 0 Å². The normalized spacial score (nSPS) is 38.1. The first-order valence-corrected chi connectivity index (χ1v) is 5.87. The second-order valence-electron chi connectivity index (χ2n) is 3.38. The number of aliphatic hydroxyl groups excluding tert-OH is 1. The Labute approximate surface area is 72.1 Å². The van der Waals surface area contributed by atoms with Crippen LogP contribution in [0.3, 0.4) is 0 Å². The summed E-state index contributed by atoms with van der Waals surface area (Å²) in [6.45, 7) is 0. The van der Waals surface area contributed by atoms with Crippen molar-refractivity contribution in [2.24, 2.45) is 0 Å². The molecule has 5 heteroatoms. The van der Waals surface area contributed by atoms with E-state index in [0.717, 1.165) is 12.7 Å². The highest BCUT2D eigenvalue weighted by Crippen LogP contribution is 2.32. The van der Waals surface area contributed by atoms with E-state index in [2.05, 4.69) is 0 Å². The van der Waals surface area contributed by atoms with E-state index in [4.69, 9.17) is 0 Å². The van der Waals surface area contributed by atoms with Crippen molar-refractivity contribution in [3.8, 4) is 0 Å². The van der Waals surface area contributed by atoms with Crippen molar-refractivity contribution in [1.82, 2.24) is 0 Å². The SMILES string of the molecule is CS(=O)(=O)C1(O)CCCCC1O. The maximum atomic E-state index is 11.1. The van der Waals surface area contributed by atoms with Gasteiger partial charge in [0.2, 0.25) is 0 Å². The summed E-state index contributed by atoms with van der Waals surface area (Å²) in [6.07, 6.45) is 1.78. The van der Waals surface area contributed by atoms with Crippen molar-refractivity contribution >= 4 is 9.84 Å². The highest BCUT2D eigenvalue weighted by molar-refractivity contribution is 7.91. The molecule has 2 atom stereocenters. The zero-order chi connectivity index (χ0) is 9.41. The maximum Gasteiger partial charge on any atom is 0.191 e. The molecule has 12 heavy (non-hydrogen) atoms. The molecule has 0 aromatic carbocycles. The second kappa shape index (κ2) is 2.97. The van der Waals surface area contributed by atoms with Crippen molar-refractivity contribution in [1.29, 1.82) is 0 Å². The molecule has 72 valence electrons. The smallest absolute Gasteiger partial charge is 0.191 e. The minimum absolute atomic E-state index is 0.146. The fourth-order valence-electron chi connectivity index (χ4n) is 1.54. The third-order valence-corrected chi connectivity index (χ3v) is 4.19. The van der Waals surface area contributed by atoms with Crippen LogP contribution < -0.4 is 0 Å². The van der Waals surface area contributed by atoms with Crippen LogP contribution in [0, 0.1) is 0 Å². The Bertz CT molecular complexity index is 259. The fourth-order valence-corrected chi connectivity index (χ4v) is 2.67. The summed E-state index contributed by atoms with van der Waals surface area (Å²) in [7, 11) is -3.57. The second-order valence-corrected chi connectivity index (χ2v) is 5.63. The van der Waals surface area contributed by atoms with Crippen molar-refractivity contribution in [3.05, 3.63) is 0 Å². The molecule has 0 bridgehead atoms. The van der Waals surface area contributed by atoms with Gasteiger partial charge in [-0.25, -0.2) is 8.42 Å². The Kier molecular flexibility index (Phi) is 2.47. The van der Waals surface area contributed by atoms with Crippen LogP contribution in [0.15, 0.2) is 0 Å². The third-order valence-electron chi connectivity index (χ3n) is 2.43. The molecule has 0 radical (unpaired) electrons. The maximum absolute atomic E-state index is 11.1. The van der Waals surface area contributed by atoms with Crippen LogP contribution in [-0.2, 0) is 9.84 Å². The molecule has 0 aromatic heterocycles. The molecule has 1 aliphatic carbocycles. The van der Waals surface area contributed by atoms with Gasteiger partial charge in [-0.3, -0.25) is 0 Å². The van der Waals surface area contributed by atoms with Gasteiger partial charge in [-0.15, -0.1) is 0 Å². The number of hydrogen-bond acceptors (Lipinski definition) is 4. The van der Waals surface area contributed by atoms with Gasteiger partial charge in [0.25, 0.3) is 0 Å². The highest BCUT2D eigenvalue weighted by Gasteiger charge is 2.46. The molecule has 0 amide bonds. The summed E-state index contributed by atoms with van der Waals surface area (Å²) in [5, 5.41) is 19.0. The summed E-state index contributed by atoms with van der Waals surface area (Å²) >= 11 is 0. The molecule has 1 saturated carbocycles. The summed E-state index contributed by atoms with van der Waals surface area (Å²) in [5.74, 6) is 0. The standard InChI is InChI=1S/C7H14O4S/c1-12(10,11)7(9)5-3-2-4-6(7)8/h6,8-9H,2-5H2,1H3. The van der Waals surface area contributed by atoms with Gasteiger partial charge in [0.05, 0.1) is 6.10 Å². The van der Waals surface area contributed by atoms with E-state index in [9.17, 15) is 18.6 Å². The van der Waals surface area contributed by atoms with Crippen molar-refractivity contribution in [2.45, 2.75) is 36.7 Å². The van der Waals surface area contributed by atoms with Crippen LogP contribution in [-0.4, -0.2) is 35.9 Å². The van der Waals surface area contributed by atoms with E-state index in [-0.39, 0.29) is 6.42 Å². The Morgan fingerprint density at radius 2 is 2.00 bits per heavy atom. The van der Waals surface area contributed by atoms with Crippen LogP contribution >= 0.6 is 0 Å². The van der Waals surface area contributed by atoms with Crippen LogP contribution in [0.5, 0.6) is 0 Å². The predicted octanol–water partition coefficient (Wildman–Crippen LogP) is -0.346. The van der Waals surface area contributed by atoms with Crippen molar-refractivity contribution in [2.75, 3.05) is 6.26 Å². The number of sulfone groups is 1. The lowest BCUT2D eigenvalue weighted by atomic mass is 9.94. The molecular weight excluding hydrogens is 180 g/mol. The Morgan fingerprint density at radius 3 is 2.33 bits per heavy atom. The summed E-state index contributed by atoms with van der Waals surface area (Å²) in [6, 6.07) is 0. The van der Waals surface area contributed by atoms with Crippen LogP contribution in [0.2, 0.25) is 0 Å². The van der Waals surface area contributed by atoms with Gasteiger partial charge in [-0.05, 0) is 19.3 Å². The summed E-state index contributed by atoms with van der Waals surface area (Å²) in [5.41, 5.74) is 0. The molecule has 1 rings (SSSR count). The Hall–Kier alpha value is -0.130. The van der Waals surface area contributed by atoms with E-state index < -0.39 is 20.9 Å². The third kappa shape index (κ3) is 1.48. The molecule has 0 heterocycles. The molecule has 0 aliphatic heterocycles. The van der Waals surface area contributed by atoms with Crippen LogP contribution in [0.1, 0.15) is 25.7 Å². The van der Waals surface area contributed by atoms with Gasteiger partial charge >= 0.3 is 0 Å². The largest absolute Gasteiger partial charge is 0.389 e. The van der Waals surface area contributed by atoms with Gasteiger partial charge in [0.15, 0.2) is 14.8 Å². The Morgan fingerprint density at radius 1 is 1.42 bits per heavy atom. The molecule has 0 spiro atoms. The van der Waals surface area contributed by atoms with Crippen LogP contribution in [0.25, 0.3) is 0 Å². The lowest BCUT2D eigenvalue weighted by Crippen LogP contribution is -2.50. The Balaban J connectivity index is 2.95. The predicted molar refractivity (Wildman–Crippen MR) is 44.3 cm³/mol. The summed E-state index contributed by atoms with van der Waals surface area (Å²) in [4.78, 5) is -1.90. The molecule has 1 fully saturated rings. The minimum Gasteiger partial charge on any atom is -0.389 e. The number of hydrogen-bond donors (Lipinski definition) is 2. The van der Waals surface area contributed by atoms with Crippen molar-refractivity contribution < 1.29 is 18.6 Å². The van der Waals surface area contributed by atoms with E-state index in [0.29, 0.717) is 12.8 Å². The quantitative estimate of drug-likeness (QED) is 0.598. The molecule has 2 N–H and O–H groups in total. The first-order valence-electron chi connectivity index (χ1n) is 3.98. The molecule has 0 aromatic rings. The van der Waals surface area contributed by atoms with E-state index >= 15 is 0 Å². The minimum atomic E-state index is -3.57. The first-order chi connectivity index (χ1) is 5.38. The van der Waals surface area contributed by atoms with E-state index in [1.165, 1.54) is 0 Å². The average molecular weight is 194 g/mol. The molecule has 1 aliphatic rings. The molecule has 0 saturated heterocycles. The average Bonchev–Trinajstić information content (AvgIpc) is 1.93. The summed E-state index contributed by atoms with van der Waals surface area (Å²) < 4.78 is 22.2. The van der Waals surface area contributed by atoms with Crippen molar-refractivity contribution in [3.63, 3.8) is 0 Å². The monoisotopic (exact) mass is 194 g/mol. The zero-order valence-electron chi connectivity index (χ0n) is 7.02. The topological polar surface area (TPSA) is 74.6 Å². The van der Waals surface area contributed by atoms with Gasteiger partial charge in [-0.2, -0.15) is 0 Å². The van der Waals surface area contributed by atoms with Gasteiger partial charge < -0.3 is 10.2 Å². The van der Waals surface area contributed by atoms with Gasteiger partial charge in [0, 0.05) is 6.26 Å².